The molecule has 0 spiro atoms. The highest BCUT2D eigenvalue weighted by Crippen LogP contribution is 2.29. The van der Waals surface area contributed by atoms with Crippen molar-refractivity contribution in [2.75, 3.05) is 11.8 Å². The van der Waals surface area contributed by atoms with Gasteiger partial charge < -0.3 is 4.74 Å². The number of methoxy groups -OCH3 is 1. The van der Waals surface area contributed by atoms with E-state index in [2.05, 4.69) is 9.71 Å². The summed E-state index contributed by atoms with van der Waals surface area (Å²) < 4.78 is 33.6. The van der Waals surface area contributed by atoms with Crippen LogP contribution in [0.3, 0.4) is 0 Å². The molecule has 3 rings (SSSR count). The van der Waals surface area contributed by atoms with Crippen LogP contribution in [0.4, 0.5) is 5.69 Å². The van der Waals surface area contributed by atoms with E-state index >= 15 is 0 Å². The number of aromatic nitrogens is 1. The second-order valence-electron chi connectivity index (χ2n) is 5.32. The van der Waals surface area contributed by atoms with E-state index < -0.39 is 10.0 Å². The highest BCUT2D eigenvalue weighted by atomic mass is 32.2. The maximum Gasteiger partial charge on any atom is 0.265 e. The SMILES string of the molecule is CCc1ccc(OC)c(S(=O)(=O)Nc2cccc3cccnc23)c1. The van der Waals surface area contributed by atoms with Crippen LogP contribution in [0.1, 0.15) is 12.5 Å². The number of sulfonamides is 1. The van der Waals surface area contributed by atoms with Crippen LogP contribution in [0.15, 0.2) is 59.6 Å². The molecule has 1 heterocycles. The summed E-state index contributed by atoms with van der Waals surface area (Å²) in [5.74, 6) is 0.313. The first kappa shape index (κ1) is 16.3. The normalized spacial score (nSPS) is 11.4. The summed E-state index contributed by atoms with van der Waals surface area (Å²) in [7, 11) is -2.34. The minimum atomic E-state index is -3.80. The Morgan fingerprint density at radius 2 is 1.92 bits per heavy atom. The molecular formula is C18H18N2O3S. The van der Waals surface area contributed by atoms with Gasteiger partial charge in [0, 0.05) is 11.6 Å². The summed E-state index contributed by atoms with van der Waals surface area (Å²) in [6.07, 6.45) is 2.38. The van der Waals surface area contributed by atoms with Crippen molar-refractivity contribution in [3.8, 4) is 5.75 Å². The molecule has 0 saturated heterocycles. The third-order valence-corrected chi connectivity index (χ3v) is 5.19. The number of rotatable bonds is 5. The van der Waals surface area contributed by atoms with Crippen molar-refractivity contribution >= 4 is 26.6 Å². The Hall–Kier alpha value is -2.60. The van der Waals surface area contributed by atoms with Gasteiger partial charge in [0.15, 0.2) is 0 Å². The molecule has 0 aliphatic carbocycles. The quantitative estimate of drug-likeness (QED) is 0.769. The van der Waals surface area contributed by atoms with Gasteiger partial charge in [0.05, 0.1) is 18.3 Å². The fourth-order valence-electron chi connectivity index (χ4n) is 2.54. The van der Waals surface area contributed by atoms with Crippen LogP contribution in [-0.4, -0.2) is 20.5 Å². The van der Waals surface area contributed by atoms with Crippen molar-refractivity contribution in [2.45, 2.75) is 18.2 Å². The van der Waals surface area contributed by atoms with E-state index in [-0.39, 0.29) is 4.90 Å². The highest BCUT2D eigenvalue weighted by molar-refractivity contribution is 7.92. The molecule has 0 radical (unpaired) electrons. The first-order chi connectivity index (χ1) is 11.5. The van der Waals surface area contributed by atoms with Crippen LogP contribution in [0.25, 0.3) is 10.9 Å². The maximum atomic E-state index is 12.9. The number of nitrogens with one attached hydrogen (secondary N) is 1. The van der Waals surface area contributed by atoms with Crippen LogP contribution < -0.4 is 9.46 Å². The van der Waals surface area contributed by atoms with Gasteiger partial charge in [0.25, 0.3) is 10.0 Å². The molecule has 124 valence electrons. The maximum absolute atomic E-state index is 12.9. The first-order valence-corrected chi connectivity index (χ1v) is 9.07. The van der Waals surface area contributed by atoms with Gasteiger partial charge in [-0.3, -0.25) is 9.71 Å². The number of nitrogens with zero attached hydrogens (tertiary/aromatic N) is 1. The molecule has 0 unspecified atom stereocenters. The van der Waals surface area contributed by atoms with Crippen molar-refractivity contribution in [3.63, 3.8) is 0 Å². The second-order valence-corrected chi connectivity index (χ2v) is 6.98. The lowest BCUT2D eigenvalue weighted by molar-refractivity contribution is 0.402. The lowest BCUT2D eigenvalue weighted by Crippen LogP contribution is -2.15. The third-order valence-electron chi connectivity index (χ3n) is 3.80. The third kappa shape index (κ3) is 3.05. The second kappa shape index (κ2) is 6.49. The zero-order valence-corrected chi connectivity index (χ0v) is 14.3. The predicted molar refractivity (Wildman–Crippen MR) is 94.9 cm³/mol. The molecule has 0 aliphatic rings. The largest absolute Gasteiger partial charge is 0.495 e. The Morgan fingerprint density at radius 3 is 2.67 bits per heavy atom. The van der Waals surface area contributed by atoms with Crippen LogP contribution in [0, 0.1) is 0 Å². The van der Waals surface area contributed by atoms with E-state index in [1.54, 1.807) is 30.5 Å². The number of anilines is 1. The smallest absolute Gasteiger partial charge is 0.265 e. The molecule has 0 fully saturated rings. The van der Waals surface area contributed by atoms with Gasteiger partial charge >= 0.3 is 0 Å². The summed E-state index contributed by atoms with van der Waals surface area (Å²) in [6, 6.07) is 14.3. The summed E-state index contributed by atoms with van der Waals surface area (Å²) in [6.45, 7) is 1.97. The molecule has 5 nitrogen and oxygen atoms in total. The number of hydrogen-bond donors (Lipinski definition) is 1. The number of fused-ring (bicyclic) bond motifs is 1. The van der Waals surface area contributed by atoms with E-state index in [9.17, 15) is 8.42 Å². The molecule has 3 aromatic rings. The van der Waals surface area contributed by atoms with Gasteiger partial charge in [-0.15, -0.1) is 0 Å². The standard InChI is InChI=1S/C18H18N2O3S/c1-3-13-9-10-16(23-2)17(12-13)24(21,22)20-15-8-4-6-14-7-5-11-19-18(14)15/h4-12,20H,3H2,1-2H3. The minimum Gasteiger partial charge on any atom is -0.495 e. The number of aryl methyl sites for hydroxylation is 1. The van der Waals surface area contributed by atoms with E-state index in [4.69, 9.17) is 4.74 Å². The van der Waals surface area contributed by atoms with Crippen molar-refractivity contribution in [1.82, 2.24) is 4.98 Å². The molecule has 0 atom stereocenters. The number of para-hydroxylation sites is 1. The average molecular weight is 342 g/mol. The van der Waals surface area contributed by atoms with Gasteiger partial charge in [0.2, 0.25) is 0 Å². The summed E-state index contributed by atoms with van der Waals surface area (Å²) in [5.41, 5.74) is 1.97. The molecule has 0 aliphatic heterocycles. The topological polar surface area (TPSA) is 68.3 Å². The Labute approximate surface area is 141 Å². The summed E-state index contributed by atoms with van der Waals surface area (Å²) >= 11 is 0. The lowest BCUT2D eigenvalue weighted by Gasteiger charge is -2.13. The minimum absolute atomic E-state index is 0.122. The van der Waals surface area contributed by atoms with E-state index in [1.165, 1.54) is 7.11 Å². The molecule has 0 bridgehead atoms. The van der Waals surface area contributed by atoms with Gasteiger partial charge in [-0.05, 0) is 36.2 Å². The van der Waals surface area contributed by atoms with E-state index in [1.807, 2.05) is 31.2 Å². The zero-order valence-electron chi connectivity index (χ0n) is 13.5. The van der Waals surface area contributed by atoms with Crippen molar-refractivity contribution in [3.05, 3.63) is 60.3 Å². The van der Waals surface area contributed by atoms with Crippen molar-refractivity contribution in [2.24, 2.45) is 0 Å². The Balaban J connectivity index is 2.08. The zero-order chi connectivity index (χ0) is 17.2. The molecule has 24 heavy (non-hydrogen) atoms. The highest BCUT2D eigenvalue weighted by Gasteiger charge is 2.21. The van der Waals surface area contributed by atoms with Crippen LogP contribution in [0.5, 0.6) is 5.75 Å². The van der Waals surface area contributed by atoms with Crippen molar-refractivity contribution < 1.29 is 13.2 Å². The van der Waals surface area contributed by atoms with Gasteiger partial charge in [0.1, 0.15) is 10.6 Å². The fourth-order valence-corrected chi connectivity index (χ4v) is 3.82. The number of pyridine rings is 1. The molecule has 0 saturated carbocycles. The lowest BCUT2D eigenvalue weighted by atomic mass is 10.2. The van der Waals surface area contributed by atoms with Crippen LogP contribution in [-0.2, 0) is 16.4 Å². The van der Waals surface area contributed by atoms with Crippen LogP contribution in [0.2, 0.25) is 0 Å². The Bertz CT molecular complexity index is 979. The number of benzene rings is 2. The Kier molecular flexibility index (Phi) is 4.40. The monoisotopic (exact) mass is 342 g/mol. The van der Waals surface area contributed by atoms with Gasteiger partial charge in [-0.2, -0.15) is 0 Å². The van der Waals surface area contributed by atoms with Crippen LogP contribution >= 0.6 is 0 Å². The summed E-state index contributed by atoms with van der Waals surface area (Å²) in [4.78, 5) is 4.40. The first-order valence-electron chi connectivity index (χ1n) is 7.58. The average Bonchev–Trinajstić information content (AvgIpc) is 2.61. The molecule has 0 amide bonds. The Morgan fingerprint density at radius 1 is 1.12 bits per heavy atom. The van der Waals surface area contributed by atoms with E-state index in [0.717, 1.165) is 17.4 Å². The van der Waals surface area contributed by atoms with E-state index in [0.29, 0.717) is 17.0 Å². The number of ether oxygens (including phenoxy) is 1. The fraction of sp³-hybridized carbons (Fsp3) is 0.167. The number of hydrogen-bond acceptors (Lipinski definition) is 4. The molecule has 1 N–H and O–H groups in total. The summed E-state index contributed by atoms with van der Waals surface area (Å²) in [5, 5.41) is 0.868. The van der Waals surface area contributed by atoms with Crippen molar-refractivity contribution in [1.29, 1.82) is 0 Å². The molecule has 2 aromatic carbocycles. The predicted octanol–water partition coefficient (Wildman–Crippen LogP) is 3.61. The van der Waals surface area contributed by atoms with Gasteiger partial charge in [-0.1, -0.05) is 31.2 Å². The van der Waals surface area contributed by atoms with Gasteiger partial charge in [-0.25, -0.2) is 8.42 Å². The molecule has 6 heteroatoms. The molecular weight excluding hydrogens is 324 g/mol. The molecule has 1 aromatic heterocycles.